The maximum absolute atomic E-state index is 10.8. The molecule has 0 aliphatic carbocycles. The van der Waals surface area contributed by atoms with Crippen LogP contribution in [0, 0.1) is 0 Å². The van der Waals surface area contributed by atoms with Gasteiger partial charge in [-0.3, -0.25) is 9.79 Å². The summed E-state index contributed by atoms with van der Waals surface area (Å²) in [5.74, 6) is 0.843. The van der Waals surface area contributed by atoms with Gasteiger partial charge in [0.1, 0.15) is 0 Å². The number of nitrogens with one attached hydrogen (secondary N) is 3. The standard InChI is InChI=1S/C8H16N4O/c1-6-5-11-8(12-6)10-4-3-7(13)9-2/h6H,3-5H2,1-2H3,(H,9,13)(H2,10,11,12). The minimum absolute atomic E-state index is 0.0409. The zero-order valence-electron chi connectivity index (χ0n) is 8.05. The molecule has 13 heavy (non-hydrogen) atoms. The van der Waals surface area contributed by atoms with E-state index in [4.69, 9.17) is 0 Å². The molecule has 1 atom stereocenters. The third-order valence-corrected chi connectivity index (χ3v) is 1.83. The second-order valence-corrected chi connectivity index (χ2v) is 3.08. The van der Waals surface area contributed by atoms with Crippen LogP contribution in [0.1, 0.15) is 13.3 Å². The maximum Gasteiger partial charge on any atom is 0.221 e. The lowest BCUT2D eigenvalue weighted by molar-refractivity contribution is -0.120. The molecule has 5 heteroatoms. The molecule has 0 saturated carbocycles. The Labute approximate surface area is 78.0 Å². The average Bonchev–Trinajstić information content (AvgIpc) is 2.51. The Morgan fingerprint density at radius 3 is 3.08 bits per heavy atom. The lowest BCUT2D eigenvalue weighted by Crippen LogP contribution is -2.39. The zero-order chi connectivity index (χ0) is 9.68. The quantitative estimate of drug-likeness (QED) is 0.530. The van der Waals surface area contributed by atoms with E-state index < -0.39 is 0 Å². The lowest BCUT2D eigenvalue weighted by atomic mass is 10.4. The minimum Gasteiger partial charge on any atom is -0.359 e. The van der Waals surface area contributed by atoms with Crippen LogP contribution >= 0.6 is 0 Å². The largest absolute Gasteiger partial charge is 0.359 e. The van der Waals surface area contributed by atoms with E-state index in [2.05, 4.69) is 27.9 Å². The second-order valence-electron chi connectivity index (χ2n) is 3.08. The number of aliphatic imine (C=N–C) groups is 1. The van der Waals surface area contributed by atoms with Gasteiger partial charge in [0.15, 0.2) is 5.96 Å². The first-order valence-electron chi connectivity index (χ1n) is 4.48. The third kappa shape index (κ3) is 3.31. The fourth-order valence-corrected chi connectivity index (χ4v) is 1.08. The first-order chi connectivity index (χ1) is 6.22. The number of hydrogen-bond acceptors (Lipinski definition) is 4. The summed E-state index contributed by atoms with van der Waals surface area (Å²) in [6, 6.07) is 0.405. The van der Waals surface area contributed by atoms with E-state index in [1.165, 1.54) is 0 Å². The van der Waals surface area contributed by atoms with E-state index >= 15 is 0 Å². The number of guanidine groups is 1. The second kappa shape index (κ2) is 4.69. The SMILES string of the molecule is CNC(=O)CCNC1=NCC(C)N1. The molecule has 0 saturated heterocycles. The number of hydrogen-bond donors (Lipinski definition) is 3. The van der Waals surface area contributed by atoms with Crippen LogP contribution in [0.5, 0.6) is 0 Å². The molecule has 0 aromatic heterocycles. The molecule has 1 amide bonds. The predicted octanol–water partition coefficient (Wildman–Crippen LogP) is -0.940. The van der Waals surface area contributed by atoms with Crippen LogP contribution in [0.25, 0.3) is 0 Å². The van der Waals surface area contributed by atoms with Crippen molar-refractivity contribution in [1.82, 2.24) is 16.0 Å². The number of rotatable bonds is 3. The van der Waals surface area contributed by atoms with Gasteiger partial charge in [0.05, 0.1) is 6.54 Å². The summed E-state index contributed by atoms with van der Waals surface area (Å²) in [6.45, 7) is 3.50. The summed E-state index contributed by atoms with van der Waals surface area (Å²) in [7, 11) is 1.63. The molecule has 0 aromatic rings. The van der Waals surface area contributed by atoms with Gasteiger partial charge in [-0.2, -0.15) is 0 Å². The smallest absolute Gasteiger partial charge is 0.221 e. The molecule has 1 aliphatic rings. The van der Waals surface area contributed by atoms with Crippen molar-refractivity contribution in [2.75, 3.05) is 20.1 Å². The van der Waals surface area contributed by atoms with Crippen LogP contribution < -0.4 is 16.0 Å². The summed E-state index contributed by atoms with van der Waals surface area (Å²) in [4.78, 5) is 15.0. The van der Waals surface area contributed by atoms with Crippen LogP contribution in [0.15, 0.2) is 4.99 Å². The third-order valence-electron chi connectivity index (χ3n) is 1.83. The molecule has 0 bridgehead atoms. The normalized spacial score (nSPS) is 20.5. The molecular formula is C8H16N4O. The van der Waals surface area contributed by atoms with Crippen molar-refractivity contribution < 1.29 is 4.79 Å². The Morgan fingerprint density at radius 2 is 2.54 bits per heavy atom. The Morgan fingerprint density at radius 1 is 1.77 bits per heavy atom. The van der Waals surface area contributed by atoms with Crippen molar-refractivity contribution in [3.63, 3.8) is 0 Å². The lowest BCUT2D eigenvalue weighted by Gasteiger charge is -2.07. The fraction of sp³-hybridized carbons (Fsp3) is 0.750. The van der Waals surface area contributed by atoms with Crippen LogP contribution in [-0.4, -0.2) is 38.0 Å². The summed E-state index contributed by atoms with van der Waals surface area (Å²) >= 11 is 0. The van der Waals surface area contributed by atoms with Gasteiger partial charge in [0.25, 0.3) is 0 Å². The molecule has 3 N–H and O–H groups in total. The van der Waals surface area contributed by atoms with Crippen molar-refractivity contribution in [3.05, 3.63) is 0 Å². The summed E-state index contributed by atoms with van der Waals surface area (Å²) in [6.07, 6.45) is 0.478. The Balaban J connectivity index is 2.10. The fourth-order valence-electron chi connectivity index (χ4n) is 1.08. The van der Waals surface area contributed by atoms with Gasteiger partial charge in [0, 0.05) is 26.1 Å². The minimum atomic E-state index is 0.0409. The van der Waals surface area contributed by atoms with Crippen molar-refractivity contribution in [1.29, 1.82) is 0 Å². The summed E-state index contributed by atoms with van der Waals surface area (Å²) in [5.41, 5.74) is 0. The van der Waals surface area contributed by atoms with Gasteiger partial charge in [-0.15, -0.1) is 0 Å². The van der Waals surface area contributed by atoms with Gasteiger partial charge in [0.2, 0.25) is 5.91 Å². The Hall–Kier alpha value is -1.26. The number of amides is 1. The van der Waals surface area contributed by atoms with Crippen LogP contribution in [0.4, 0.5) is 0 Å². The predicted molar refractivity (Wildman–Crippen MR) is 51.6 cm³/mol. The van der Waals surface area contributed by atoms with Crippen molar-refractivity contribution >= 4 is 11.9 Å². The molecule has 0 radical (unpaired) electrons. The Bertz CT molecular complexity index is 214. The summed E-state index contributed by atoms with van der Waals surface area (Å²) < 4.78 is 0. The van der Waals surface area contributed by atoms with Crippen molar-refractivity contribution in [2.45, 2.75) is 19.4 Å². The topological polar surface area (TPSA) is 65.5 Å². The van der Waals surface area contributed by atoms with E-state index in [0.29, 0.717) is 19.0 Å². The monoisotopic (exact) mass is 184 g/mol. The van der Waals surface area contributed by atoms with E-state index in [1.54, 1.807) is 7.05 Å². The molecule has 1 unspecified atom stereocenters. The molecule has 74 valence electrons. The highest BCUT2D eigenvalue weighted by molar-refractivity contribution is 5.82. The molecular weight excluding hydrogens is 168 g/mol. The molecule has 1 heterocycles. The van der Waals surface area contributed by atoms with Gasteiger partial charge >= 0.3 is 0 Å². The van der Waals surface area contributed by atoms with E-state index in [1.807, 2.05) is 0 Å². The number of carbonyl (C=O) groups is 1. The first kappa shape index (κ1) is 9.83. The zero-order valence-corrected chi connectivity index (χ0v) is 8.05. The highest BCUT2D eigenvalue weighted by Crippen LogP contribution is 1.91. The van der Waals surface area contributed by atoms with Crippen LogP contribution in [0.3, 0.4) is 0 Å². The molecule has 0 spiro atoms. The van der Waals surface area contributed by atoms with E-state index in [0.717, 1.165) is 12.5 Å². The molecule has 0 aromatic carbocycles. The van der Waals surface area contributed by atoms with Gasteiger partial charge in [-0.05, 0) is 6.92 Å². The Kier molecular flexibility index (Phi) is 3.54. The van der Waals surface area contributed by atoms with E-state index in [-0.39, 0.29) is 5.91 Å². The molecule has 5 nitrogen and oxygen atoms in total. The van der Waals surface area contributed by atoms with Crippen LogP contribution in [0.2, 0.25) is 0 Å². The number of carbonyl (C=O) groups excluding carboxylic acids is 1. The van der Waals surface area contributed by atoms with Crippen molar-refractivity contribution in [3.8, 4) is 0 Å². The van der Waals surface area contributed by atoms with Gasteiger partial charge < -0.3 is 16.0 Å². The molecule has 1 aliphatic heterocycles. The average molecular weight is 184 g/mol. The molecule has 0 fully saturated rings. The highest BCUT2D eigenvalue weighted by Gasteiger charge is 2.11. The highest BCUT2D eigenvalue weighted by atomic mass is 16.1. The molecule has 1 rings (SSSR count). The first-order valence-corrected chi connectivity index (χ1v) is 4.48. The van der Waals surface area contributed by atoms with Crippen LogP contribution in [-0.2, 0) is 4.79 Å². The maximum atomic E-state index is 10.8. The number of nitrogens with zero attached hydrogens (tertiary/aromatic N) is 1. The van der Waals surface area contributed by atoms with E-state index in [9.17, 15) is 4.79 Å². The summed E-state index contributed by atoms with van der Waals surface area (Å²) in [5, 5.41) is 8.77. The van der Waals surface area contributed by atoms with Crippen molar-refractivity contribution in [2.24, 2.45) is 4.99 Å². The van der Waals surface area contributed by atoms with Gasteiger partial charge in [-0.1, -0.05) is 0 Å². The van der Waals surface area contributed by atoms with Gasteiger partial charge in [-0.25, -0.2) is 0 Å².